The topological polar surface area (TPSA) is 30.9 Å². The molecule has 17 heavy (non-hydrogen) atoms. The second-order valence-corrected chi connectivity index (χ2v) is 4.49. The van der Waals surface area contributed by atoms with Crippen LogP contribution in [0.1, 0.15) is 6.42 Å². The predicted molar refractivity (Wildman–Crippen MR) is 73.9 cm³/mol. The van der Waals surface area contributed by atoms with E-state index < -0.39 is 0 Å². The molecule has 0 unspecified atom stereocenters. The van der Waals surface area contributed by atoms with E-state index in [0.717, 1.165) is 37.4 Å². The summed E-state index contributed by atoms with van der Waals surface area (Å²) < 4.78 is 0. The minimum Gasteiger partial charge on any atom is -0.384 e. The number of nitrogens with one attached hydrogen (secondary N) is 1. The maximum absolute atomic E-state index is 4.33. The molecule has 0 fully saturated rings. The summed E-state index contributed by atoms with van der Waals surface area (Å²) in [6, 6.07) is 8.41. The Hall–Kier alpha value is -1.55. The average molecular weight is 232 g/mol. The van der Waals surface area contributed by atoms with Gasteiger partial charge in [0.15, 0.2) is 0 Å². The van der Waals surface area contributed by atoms with Gasteiger partial charge in [-0.15, -0.1) is 0 Å². The first kappa shape index (κ1) is 11.9. The molecular formula is C13H20N4. The van der Waals surface area contributed by atoms with Crippen LogP contribution in [0.15, 0.2) is 29.4 Å². The van der Waals surface area contributed by atoms with Gasteiger partial charge in [-0.1, -0.05) is 6.07 Å². The number of likely N-dealkylation sites (N-methyl/N-ethyl adjacent to an activating group) is 1. The quantitative estimate of drug-likeness (QED) is 0.840. The van der Waals surface area contributed by atoms with E-state index >= 15 is 0 Å². The molecule has 0 aromatic heterocycles. The SMILES string of the molecule is CN(C)CCNc1cccc(N2CCC=N2)c1. The monoisotopic (exact) mass is 232 g/mol. The molecule has 1 aromatic rings. The summed E-state index contributed by atoms with van der Waals surface area (Å²) >= 11 is 0. The lowest BCUT2D eigenvalue weighted by molar-refractivity contribution is 0.425. The molecule has 0 amide bonds. The zero-order valence-electron chi connectivity index (χ0n) is 10.6. The van der Waals surface area contributed by atoms with Crippen LogP contribution < -0.4 is 10.3 Å². The largest absolute Gasteiger partial charge is 0.384 e. The Labute approximate surface area is 103 Å². The van der Waals surface area contributed by atoms with Crippen LogP contribution in [0.3, 0.4) is 0 Å². The molecule has 2 rings (SSSR count). The number of anilines is 2. The molecule has 0 bridgehead atoms. The number of hydrazone groups is 1. The van der Waals surface area contributed by atoms with Gasteiger partial charge in [0.25, 0.3) is 0 Å². The summed E-state index contributed by atoms with van der Waals surface area (Å²) in [7, 11) is 4.16. The lowest BCUT2D eigenvalue weighted by Gasteiger charge is -2.16. The maximum atomic E-state index is 4.33. The molecule has 4 heteroatoms. The fourth-order valence-electron chi connectivity index (χ4n) is 1.79. The van der Waals surface area contributed by atoms with Crippen LogP contribution in [0.5, 0.6) is 0 Å². The normalized spacial score (nSPS) is 14.6. The molecule has 0 saturated carbocycles. The van der Waals surface area contributed by atoms with Crippen LogP contribution in [0.2, 0.25) is 0 Å². The highest BCUT2D eigenvalue weighted by Gasteiger charge is 2.08. The molecular weight excluding hydrogens is 212 g/mol. The van der Waals surface area contributed by atoms with Crippen molar-refractivity contribution in [2.24, 2.45) is 5.10 Å². The Bertz CT molecular complexity index is 387. The van der Waals surface area contributed by atoms with Gasteiger partial charge in [0, 0.05) is 38.0 Å². The minimum atomic E-state index is 0.958. The van der Waals surface area contributed by atoms with Crippen LogP contribution in [-0.4, -0.2) is 44.8 Å². The summed E-state index contributed by atoms with van der Waals surface area (Å²) in [5.74, 6) is 0. The van der Waals surface area contributed by atoms with Crippen molar-refractivity contribution in [2.45, 2.75) is 6.42 Å². The molecule has 0 radical (unpaired) electrons. The van der Waals surface area contributed by atoms with Crippen LogP contribution in [0.25, 0.3) is 0 Å². The number of hydrogen-bond donors (Lipinski definition) is 1. The summed E-state index contributed by atoms with van der Waals surface area (Å²) in [6.07, 6.45) is 3.00. The van der Waals surface area contributed by atoms with Crippen molar-refractivity contribution in [3.05, 3.63) is 24.3 Å². The maximum Gasteiger partial charge on any atom is 0.0614 e. The van der Waals surface area contributed by atoms with Gasteiger partial charge in [-0.05, 0) is 32.3 Å². The average Bonchev–Trinajstić information content (AvgIpc) is 2.82. The zero-order chi connectivity index (χ0) is 12.1. The van der Waals surface area contributed by atoms with Crippen molar-refractivity contribution in [2.75, 3.05) is 44.1 Å². The van der Waals surface area contributed by atoms with Crippen molar-refractivity contribution in [3.8, 4) is 0 Å². The Morgan fingerprint density at radius 3 is 3.00 bits per heavy atom. The van der Waals surface area contributed by atoms with Crippen molar-refractivity contribution >= 4 is 17.6 Å². The molecule has 1 heterocycles. The van der Waals surface area contributed by atoms with E-state index in [-0.39, 0.29) is 0 Å². The summed E-state index contributed by atoms with van der Waals surface area (Å²) in [5, 5.41) is 9.79. The van der Waals surface area contributed by atoms with E-state index in [9.17, 15) is 0 Å². The van der Waals surface area contributed by atoms with E-state index in [1.54, 1.807) is 0 Å². The number of rotatable bonds is 5. The summed E-state index contributed by atoms with van der Waals surface area (Å²) in [6.45, 7) is 2.98. The lowest BCUT2D eigenvalue weighted by Crippen LogP contribution is -2.20. The van der Waals surface area contributed by atoms with E-state index in [0.29, 0.717) is 0 Å². The molecule has 92 valence electrons. The Morgan fingerprint density at radius 1 is 1.41 bits per heavy atom. The van der Waals surface area contributed by atoms with E-state index in [2.05, 4.69) is 53.7 Å². The standard InChI is InChI=1S/C13H20N4/c1-16(2)10-8-14-12-5-3-6-13(11-12)17-9-4-7-15-17/h3,5-7,11,14H,4,8-10H2,1-2H3. The highest BCUT2D eigenvalue weighted by Crippen LogP contribution is 2.21. The fraction of sp³-hybridized carbons (Fsp3) is 0.462. The third-order valence-corrected chi connectivity index (χ3v) is 2.72. The first-order valence-electron chi connectivity index (χ1n) is 6.04. The second-order valence-electron chi connectivity index (χ2n) is 4.49. The molecule has 0 saturated heterocycles. The number of benzene rings is 1. The minimum absolute atomic E-state index is 0.958. The first-order valence-corrected chi connectivity index (χ1v) is 6.04. The molecule has 1 aromatic carbocycles. The van der Waals surface area contributed by atoms with Crippen molar-refractivity contribution in [3.63, 3.8) is 0 Å². The van der Waals surface area contributed by atoms with Gasteiger partial charge in [0.05, 0.1) is 5.69 Å². The van der Waals surface area contributed by atoms with Gasteiger partial charge in [0.2, 0.25) is 0 Å². The number of nitrogens with zero attached hydrogens (tertiary/aromatic N) is 3. The summed E-state index contributed by atoms with van der Waals surface area (Å²) in [5.41, 5.74) is 2.32. The fourth-order valence-corrected chi connectivity index (χ4v) is 1.79. The van der Waals surface area contributed by atoms with Gasteiger partial charge >= 0.3 is 0 Å². The molecule has 0 atom stereocenters. The Kier molecular flexibility index (Phi) is 3.98. The summed E-state index contributed by atoms with van der Waals surface area (Å²) in [4.78, 5) is 2.17. The molecule has 1 aliphatic rings. The van der Waals surface area contributed by atoms with E-state index in [1.165, 1.54) is 0 Å². The smallest absolute Gasteiger partial charge is 0.0614 e. The number of hydrogen-bond acceptors (Lipinski definition) is 4. The van der Waals surface area contributed by atoms with Crippen molar-refractivity contribution in [1.29, 1.82) is 0 Å². The van der Waals surface area contributed by atoms with E-state index in [1.807, 2.05) is 11.2 Å². The molecule has 1 aliphatic heterocycles. The van der Waals surface area contributed by atoms with E-state index in [4.69, 9.17) is 0 Å². The van der Waals surface area contributed by atoms with Crippen LogP contribution in [-0.2, 0) is 0 Å². The second kappa shape index (κ2) is 5.68. The zero-order valence-corrected chi connectivity index (χ0v) is 10.6. The van der Waals surface area contributed by atoms with Crippen LogP contribution in [0.4, 0.5) is 11.4 Å². The van der Waals surface area contributed by atoms with Gasteiger partial charge in [0.1, 0.15) is 0 Å². The Morgan fingerprint density at radius 2 is 2.29 bits per heavy atom. The Balaban J connectivity index is 1.94. The predicted octanol–water partition coefficient (Wildman–Crippen LogP) is 1.86. The molecule has 4 nitrogen and oxygen atoms in total. The third kappa shape index (κ3) is 3.46. The van der Waals surface area contributed by atoms with Crippen LogP contribution >= 0.6 is 0 Å². The van der Waals surface area contributed by atoms with Gasteiger partial charge in [-0.2, -0.15) is 5.10 Å². The molecule has 0 aliphatic carbocycles. The van der Waals surface area contributed by atoms with Gasteiger partial charge in [-0.25, -0.2) is 0 Å². The highest BCUT2D eigenvalue weighted by atomic mass is 15.5. The van der Waals surface area contributed by atoms with Gasteiger partial charge < -0.3 is 10.2 Å². The van der Waals surface area contributed by atoms with Crippen molar-refractivity contribution in [1.82, 2.24) is 4.90 Å². The first-order chi connectivity index (χ1) is 8.25. The van der Waals surface area contributed by atoms with Gasteiger partial charge in [-0.3, -0.25) is 5.01 Å². The highest BCUT2D eigenvalue weighted by molar-refractivity contribution is 5.67. The molecule has 1 N–H and O–H groups in total. The van der Waals surface area contributed by atoms with Crippen molar-refractivity contribution < 1.29 is 0 Å². The third-order valence-electron chi connectivity index (χ3n) is 2.72. The van der Waals surface area contributed by atoms with Crippen LogP contribution in [0, 0.1) is 0 Å². The molecule has 0 spiro atoms. The lowest BCUT2D eigenvalue weighted by atomic mass is 10.2.